The fourth-order valence-corrected chi connectivity index (χ4v) is 3.94. The van der Waals surface area contributed by atoms with Crippen LogP contribution in [0.4, 0.5) is 4.39 Å². The number of carbonyl (C=O) groups is 1. The molecule has 1 saturated heterocycles. The van der Waals surface area contributed by atoms with E-state index in [0.29, 0.717) is 18.0 Å². The van der Waals surface area contributed by atoms with E-state index in [0.717, 1.165) is 30.6 Å². The number of benzene rings is 2. The molecular weight excluding hydrogens is 395 g/mol. The van der Waals surface area contributed by atoms with Gasteiger partial charge in [-0.05, 0) is 55.7 Å². The Morgan fingerprint density at radius 2 is 1.81 bits per heavy atom. The maximum absolute atomic E-state index is 13.2. The van der Waals surface area contributed by atoms with Crippen LogP contribution in [-0.2, 0) is 17.8 Å². The highest BCUT2D eigenvalue weighted by Crippen LogP contribution is 2.28. The molecule has 0 radical (unpaired) electrons. The minimum absolute atomic E-state index is 0.0388. The van der Waals surface area contributed by atoms with Crippen molar-refractivity contribution in [2.45, 2.75) is 38.9 Å². The minimum atomic E-state index is -0.229. The second kappa shape index (κ2) is 10.4. The Bertz CT molecular complexity index is 900. The van der Waals surface area contributed by atoms with Gasteiger partial charge in [-0.2, -0.15) is 0 Å². The zero-order chi connectivity index (χ0) is 22.4. The van der Waals surface area contributed by atoms with Crippen LogP contribution in [-0.4, -0.2) is 54.6 Å². The Labute approximate surface area is 184 Å². The smallest absolute Gasteiger partial charge is 0.260 e. The van der Waals surface area contributed by atoms with Gasteiger partial charge in [-0.1, -0.05) is 24.3 Å². The molecule has 1 amide bonds. The molecule has 2 atom stereocenters. The van der Waals surface area contributed by atoms with Crippen molar-refractivity contribution in [3.05, 3.63) is 72.1 Å². The van der Waals surface area contributed by atoms with E-state index in [1.54, 1.807) is 7.11 Å². The van der Waals surface area contributed by atoms with Crippen molar-refractivity contribution in [1.82, 2.24) is 9.80 Å². The molecule has 0 saturated carbocycles. The number of amides is 1. The second-order valence-electron chi connectivity index (χ2n) is 8.07. The van der Waals surface area contributed by atoms with Crippen molar-refractivity contribution < 1.29 is 18.7 Å². The van der Waals surface area contributed by atoms with Crippen LogP contribution in [0.5, 0.6) is 11.5 Å². The van der Waals surface area contributed by atoms with Gasteiger partial charge in [-0.15, -0.1) is 6.58 Å². The number of hydrogen-bond donors (Lipinski definition) is 0. The molecule has 1 aliphatic rings. The molecule has 5 nitrogen and oxygen atoms in total. The molecule has 2 aromatic rings. The zero-order valence-corrected chi connectivity index (χ0v) is 18.5. The zero-order valence-electron chi connectivity index (χ0n) is 18.5. The standard InChI is InChI=1S/C25H31FN2O3/c1-5-6-20-9-12-23(30-4)24(13-20)31-17-25(29)28-15-18(2)27(14-19(28)3)16-21-7-10-22(26)11-8-21/h5,7-13,18-19H,1,6,14-17H2,2-4H3/t18-,19+/m0/s1. The monoisotopic (exact) mass is 426 g/mol. The first-order valence-electron chi connectivity index (χ1n) is 10.6. The SMILES string of the molecule is C=CCc1ccc(OC)c(OCC(=O)N2C[C@H](C)N(Cc3ccc(F)cc3)C[C@H]2C)c1. The Balaban J connectivity index is 1.59. The van der Waals surface area contributed by atoms with Gasteiger partial charge in [-0.3, -0.25) is 9.69 Å². The molecular formula is C25H31FN2O3. The third-order valence-electron chi connectivity index (χ3n) is 5.69. The number of hydrogen-bond acceptors (Lipinski definition) is 4. The van der Waals surface area contributed by atoms with Gasteiger partial charge in [0, 0.05) is 31.7 Å². The van der Waals surface area contributed by atoms with Gasteiger partial charge in [0.15, 0.2) is 18.1 Å². The summed E-state index contributed by atoms with van der Waals surface area (Å²) in [7, 11) is 1.58. The summed E-state index contributed by atoms with van der Waals surface area (Å²) in [5, 5.41) is 0. The number of allylic oxidation sites excluding steroid dienone is 1. The van der Waals surface area contributed by atoms with E-state index in [4.69, 9.17) is 9.47 Å². The van der Waals surface area contributed by atoms with Gasteiger partial charge in [0.2, 0.25) is 0 Å². The normalized spacial score (nSPS) is 19.2. The number of rotatable bonds is 8. The van der Waals surface area contributed by atoms with E-state index in [1.165, 1.54) is 12.1 Å². The van der Waals surface area contributed by atoms with Crippen molar-refractivity contribution in [3.8, 4) is 11.5 Å². The predicted octanol–water partition coefficient (Wildman–Crippen LogP) is 4.06. The fourth-order valence-electron chi connectivity index (χ4n) is 3.94. The summed E-state index contributed by atoms with van der Waals surface area (Å²) in [6.07, 6.45) is 2.55. The fraction of sp³-hybridized carbons (Fsp3) is 0.400. The lowest BCUT2D eigenvalue weighted by Gasteiger charge is -2.44. The second-order valence-corrected chi connectivity index (χ2v) is 8.07. The molecule has 3 rings (SSSR count). The summed E-state index contributed by atoms with van der Waals surface area (Å²) in [6, 6.07) is 12.5. The van der Waals surface area contributed by atoms with Crippen LogP contribution in [0.2, 0.25) is 0 Å². The molecule has 31 heavy (non-hydrogen) atoms. The van der Waals surface area contributed by atoms with Gasteiger partial charge in [0.25, 0.3) is 5.91 Å². The summed E-state index contributed by atoms with van der Waals surface area (Å²) in [5.74, 6) is 0.890. The summed E-state index contributed by atoms with van der Waals surface area (Å²) >= 11 is 0. The van der Waals surface area contributed by atoms with Crippen LogP contribution in [0.1, 0.15) is 25.0 Å². The van der Waals surface area contributed by atoms with Gasteiger partial charge >= 0.3 is 0 Å². The molecule has 0 unspecified atom stereocenters. The van der Waals surface area contributed by atoms with Crippen LogP contribution >= 0.6 is 0 Å². The summed E-state index contributed by atoms with van der Waals surface area (Å²) < 4.78 is 24.4. The van der Waals surface area contributed by atoms with E-state index in [-0.39, 0.29) is 30.4 Å². The first-order chi connectivity index (χ1) is 14.9. The van der Waals surface area contributed by atoms with E-state index < -0.39 is 0 Å². The lowest BCUT2D eigenvalue weighted by Crippen LogP contribution is -2.58. The first kappa shape index (κ1) is 22.8. The van der Waals surface area contributed by atoms with Crippen molar-refractivity contribution >= 4 is 5.91 Å². The Morgan fingerprint density at radius 3 is 2.48 bits per heavy atom. The summed E-state index contributed by atoms with van der Waals surface area (Å²) in [4.78, 5) is 17.1. The van der Waals surface area contributed by atoms with Crippen molar-refractivity contribution in [2.24, 2.45) is 0 Å². The molecule has 1 heterocycles. The largest absolute Gasteiger partial charge is 0.493 e. The molecule has 6 heteroatoms. The molecule has 0 aromatic heterocycles. The number of piperazine rings is 1. The molecule has 2 aromatic carbocycles. The lowest BCUT2D eigenvalue weighted by atomic mass is 10.1. The third kappa shape index (κ3) is 5.85. The topological polar surface area (TPSA) is 42.0 Å². The maximum Gasteiger partial charge on any atom is 0.260 e. The van der Waals surface area contributed by atoms with Gasteiger partial charge in [0.1, 0.15) is 5.82 Å². The molecule has 0 aliphatic carbocycles. The van der Waals surface area contributed by atoms with Gasteiger partial charge in [-0.25, -0.2) is 4.39 Å². The molecule has 1 fully saturated rings. The molecule has 166 valence electrons. The van der Waals surface area contributed by atoms with E-state index in [1.807, 2.05) is 48.2 Å². The van der Waals surface area contributed by atoms with Crippen LogP contribution in [0.15, 0.2) is 55.1 Å². The van der Waals surface area contributed by atoms with Crippen LogP contribution < -0.4 is 9.47 Å². The highest BCUT2D eigenvalue weighted by molar-refractivity contribution is 5.78. The van der Waals surface area contributed by atoms with E-state index in [9.17, 15) is 9.18 Å². The van der Waals surface area contributed by atoms with E-state index >= 15 is 0 Å². The predicted molar refractivity (Wildman–Crippen MR) is 120 cm³/mol. The van der Waals surface area contributed by atoms with Crippen LogP contribution in [0.25, 0.3) is 0 Å². The first-order valence-corrected chi connectivity index (χ1v) is 10.6. The van der Waals surface area contributed by atoms with Crippen molar-refractivity contribution in [1.29, 1.82) is 0 Å². The molecule has 0 spiro atoms. The van der Waals surface area contributed by atoms with Gasteiger partial charge in [0.05, 0.1) is 7.11 Å². The Morgan fingerprint density at radius 1 is 1.10 bits per heavy atom. The maximum atomic E-state index is 13.2. The number of carbonyl (C=O) groups excluding carboxylic acids is 1. The lowest BCUT2D eigenvalue weighted by molar-refractivity contribution is -0.139. The van der Waals surface area contributed by atoms with Crippen LogP contribution in [0, 0.1) is 5.82 Å². The summed E-state index contributed by atoms with van der Waals surface area (Å²) in [6.45, 7) is 9.99. The highest BCUT2D eigenvalue weighted by Gasteiger charge is 2.32. The molecule has 0 N–H and O–H groups in total. The van der Waals surface area contributed by atoms with Gasteiger partial charge < -0.3 is 14.4 Å². The minimum Gasteiger partial charge on any atom is -0.493 e. The Kier molecular flexibility index (Phi) is 7.69. The third-order valence-corrected chi connectivity index (χ3v) is 5.69. The number of ether oxygens (including phenoxy) is 2. The summed E-state index contributed by atoms with van der Waals surface area (Å²) in [5.41, 5.74) is 2.12. The highest BCUT2D eigenvalue weighted by atomic mass is 19.1. The van der Waals surface area contributed by atoms with Crippen LogP contribution in [0.3, 0.4) is 0 Å². The number of methoxy groups -OCH3 is 1. The molecule has 0 bridgehead atoms. The average Bonchev–Trinajstić information content (AvgIpc) is 2.76. The Hall–Kier alpha value is -2.86. The van der Waals surface area contributed by atoms with Crippen molar-refractivity contribution in [3.63, 3.8) is 0 Å². The molecule has 1 aliphatic heterocycles. The number of nitrogens with zero attached hydrogens (tertiary/aromatic N) is 2. The van der Waals surface area contributed by atoms with Crippen molar-refractivity contribution in [2.75, 3.05) is 26.8 Å². The quantitative estimate of drug-likeness (QED) is 0.597. The van der Waals surface area contributed by atoms with E-state index in [2.05, 4.69) is 18.4 Å². The average molecular weight is 427 g/mol. The number of halogens is 1.